The van der Waals surface area contributed by atoms with Gasteiger partial charge in [-0.25, -0.2) is 0 Å². The fraction of sp³-hybridized carbons (Fsp3) is 0.176. The van der Waals surface area contributed by atoms with Crippen molar-refractivity contribution in [3.05, 3.63) is 138 Å². The molecular formula is C34H30N2O6. The largest absolute Gasteiger partial charge is 0.497 e. The highest BCUT2D eigenvalue weighted by atomic mass is 16.5. The minimum absolute atomic E-state index is 0.0119. The Hall–Kier alpha value is -5.24. The maximum atomic E-state index is 12.5. The molecule has 2 aliphatic rings. The Balaban J connectivity index is 0.000000168. The van der Waals surface area contributed by atoms with Crippen LogP contribution in [-0.2, 0) is 12.8 Å². The van der Waals surface area contributed by atoms with Crippen molar-refractivity contribution in [2.45, 2.75) is 25.7 Å². The van der Waals surface area contributed by atoms with E-state index in [2.05, 4.69) is 9.97 Å². The van der Waals surface area contributed by atoms with Gasteiger partial charge in [-0.1, -0.05) is 0 Å². The van der Waals surface area contributed by atoms with Gasteiger partial charge in [0.15, 0.2) is 11.6 Å². The maximum Gasteiger partial charge on any atom is 0.255 e. The molecule has 0 aliphatic heterocycles. The van der Waals surface area contributed by atoms with Gasteiger partial charge >= 0.3 is 0 Å². The highest BCUT2D eigenvalue weighted by Gasteiger charge is 2.23. The van der Waals surface area contributed by atoms with Crippen LogP contribution < -0.4 is 20.6 Å². The van der Waals surface area contributed by atoms with Crippen LogP contribution >= 0.6 is 0 Å². The van der Waals surface area contributed by atoms with Crippen LogP contribution in [0.3, 0.4) is 0 Å². The number of aromatic nitrogens is 2. The number of aryl methyl sites for hydroxylation is 2. The van der Waals surface area contributed by atoms with Gasteiger partial charge in [-0.15, -0.1) is 0 Å². The molecule has 0 bridgehead atoms. The summed E-state index contributed by atoms with van der Waals surface area (Å²) in [5.41, 5.74) is 5.39. The molecule has 0 saturated heterocycles. The zero-order valence-corrected chi connectivity index (χ0v) is 23.4. The number of rotatable bonds is 4. The van der Waals surface area contributed by atoms with Crippen molar-refractivity contribution in [3.63, 3.8) is 0 Å². The van der Waals surface area contributed by atoms with Crippen LogP contribution in [0.5, 0.6) is 11.5 Å². The number of benzene rings is 2. The van der Waals surface area contributed by atoms with Crippen molar-refractivity contribution in [1.29, 1.82) is 0 Å². The fourth-order valence-electron chi connectivity index (χ4n) is 5.11. The first-order valence-corrected chi connectivity index (χ1v) is 13.6. The Labute approximate surface area is 242 Å². The Morgan fingerprint density at radius 2 is 1.02 bits per heavy atom. The molecule has 0 spiro atoms. The first-order chi connectivity index (χ1) is 20.4. The number of carbonyl (C=O) groups is 2. The first-order valence-electron chi connectivity index (χ1n) is 13.6. The van der Waals surface area contributed by atoms with Crippen molar-refractivity contribution >= 4 is 23.7 Å². The number of ketones is 2. The normalized spacial score (nSPS) is 15.9. The molecule has 0 unspecified atom stereocenters. The van der Waals surface area contributed by atoms with Crippen molar-refractivity contribution in [1.82, 2.24) is 9.97 Å². The van der Waals surface area contributed by atoms with Crippen LogP contribution in [0, 0.1) is 0 Å². The Morgan fingerprint density at radius 1 is 0.595 bits per heavy atom. The first kappa shape index (κ1) is 28.3. The lowest BCUT2D eigenvalue weighted by Gasteiger charge is -2.18. The lowest BCUT2D eigenvalue weighted by molar-refractivity contribution is 0.101. The summed E-state index contributed by atoms with van der Waals surface area (Å²) in [7, 11) is 3.22. The molecule has 8 heteroatoms. The third kappa shape index (κ3) is 6.07. The number of carbonyl (C=O) groups excluding carboxylic acids is 2. The van der Waals surface area contributed by atoms with E-state index in [1.165, 1.54) is 0 Å². The predicted octanol–water partition coefficient (Wildman–Crippen LogP) is 5.19. The molecule has 2 aliphatic carbocycles. The summed E-state index contributed by atoms with van der Waals surface area (Å²) in [5, 5.41) is 0. The summed E-state index contributed by atoms with van der Waals surface area (Å²) >= 11 is 0. The van der Waals surface area contributed by atoms with Crippen molar-refractivity contribution in [2.24, 2.45) is 0 Å². The van der Waals surface area contributed by atoms with Crippen LogP contribution in [0.4, 0.5) is 0 Å². The lowest BCUT2D eigenvalue weighted by atomic mass is 9.86. The second-order valence-electron chi connectivity index (χ2n) is 9.95. The van der Waals surface area contributed by atoms with E-state index in [0.29, 0.717) is 46.2 Å². The van der Waals surface area contributed by atoms with Gasteiger partial charge in [0.05, 0.1) is 14.2 Å². The monoisotopic (exact) mass is 562 g/mol. The molecule has 2 heterocycles. The van der Waals surface area contributed by atoms with Crippen molar-refractivity contribution in [2.75, 3.05) is 14.2 Å². The topological polar surface area (TPSA) is 118 Å². The molecule has 0 radical (unpaired) electrons. The predicted molar refractivity (Wildman–Crippen MR) is 161 cm³/mol. The van der Waals surface area contributed by atoms with E-state index in [1.54, 1.807) is 87.3 Å². The second kappa shape index (κ2) is 12.5. The van der Waals surface area contributed by atoms with Gasteiger partial charge in [0.1, 0.15) is 11.5 Å². The summed E-state index contributed by atoms with van der Waals surface area (Å²) in [6.45, 7) is 0. The number of ether oxygens (including phenoxy) is 2. The molecule has 6 rings (SSSR count). The van der Waals surface area contributed by atoms with Gasteiger partial charge in [0, 0.05) is 45.8 Å². The number of hydrogen-bond donors (Lipinski definition) is 2. The van der Waals surface area contributed by atoms with E-state index >= 15 is 0 Å². The summed E-state index contributed by atoms with van der Waals surface area (Å²) in [6, 6.07) is 17.9. The molecule has 0 fully saturated rings. The number of H-pyrrole nitrogens is 2. The standard InChI is InChI=1S/2C17H15NO3/c2*1-21-14-6-7-15-11(10-14)4-5-12(16(15)19)9-13-3-2-8-18-17(13)20/h2*2-3,6-10H,4-5H2,1H3,(H,18,20)/b2*12-9+. The van der Waals surface area contributed by atoms with Crippen molar-refractivity contribution in [3.8, 4) is 11.5 Å². The maximum absolute atomic E-state index is 12.5. The lowest BCUT2D eigenvalue weighted by Crippen LogP contribution is -2.15. The van der Waals surface area contributed by atoms with E-state index < -0.39 is 0 Å². The Morgan fingerprint density at radius 3 is 1.40 bits per heavy atom. The number of methoxy groups -OCH3 is 2. The molecule has 0 atom stereocenters. The molecule has 42 heavy (non-hydrogen) atoms. The highest BCUT2D eigenvalue weighted by molar-refractivity contribution is 6.14. The van der Waals surface area contributed by atoms with Crippen LogP contribution in [-0.4, -0.2) is 35.8 Å². The number of nitrogens with one attached hydrogen (secondary N) is 2. The van der Waals surface area contributed by atoms with Crippen molar-refractivity contribution < 1.29 is 19.1 Å². The molecule has 8 nitrogen and oxygen atoms in total. The summed E-state index contributed by atoms with van der Waals surface area (Å²) in [4.78, 5) is 53.6. The second-order valence-corrected chi connectivity index (χ2v) is 9.95. The number of aromatic amines is 2. The molecule has 4 aromatic rings. The van der Waals surface area contributed by atoms with E-state index in [4.69, 9.17) is 9.47 Å². The SMILES string of the molecule is COc1ccc2c(c1)CC/C(=C\c1ccc[nH]c1=O)C2=O.COc1ccc2c(c1)CC/C(=C\c1ccc[nH]c1=O)C2=O. The Bertz CT molecular complexity index is 1710. The van der Waals surface area contributed by atoms with Gasteiger partial charge in [-0.05, 0) is 110 Å². The third-order valence-electron chi connectivity index (χ3n) is 7.38. The number of pyridine rings is 2. The molecule has 2 N–H and O–H groups in total. The number of fused-ring (bicyclic) bond motifs is 2. The summed E-state index contributed by atoms with van der Waals surface area (Å²) < 4.78 is 10.4. The number of hydrogen-bond acceptors (Lipinski definition) is 6. The quantitative estimate of drug-likeness (QED) is 0.331. The molecular weight excluding hydrogens is 532 g/mol. The fourth-order valence-corrected chi connectivity index (χ4v) is 5.11. The molecule has 0 amide bonds. The average molecular weight is 563 g/mol. The van der Waals surface area contributed by atoms with Gasteiger partial charge < -0.3 is 19.4 Å². The van der Waals surface area contributed by atoms with Crippen LogP contribution in [0.15, 0.2) is 93.8 Å². The van der Waals surface area contributed by atoms with Gasteiger partial charge in [0.25, 0.3) is 11.1 Å². The van der Waals surface area contributed by atoms with Gasteiger partial charge in [0.2, 0.25) is 0 Å². The van der Waals surface area contributed by atoms with E-state index in [9.17, 15) is 19.2 Å². The summed E-state index contributed by atoms with van der Waals surface area (Å²) in [5.74, 6) is 1.49. The smallest absolute Gasteiger partial charge is 0.255 e. The highest BCUT2D eigenvalue weighted by Crippen LogP contribution is 2.30. The minimum atomic E-state index is -0.182. The van der Waals surface area contributed by atoms with Gasteiger partial charge in [-0.2, -0.15) is 0 Å². The van der Waals surface area contributed by atoms with E-state index in [-0.39, 0.29) is 22.7 Å². The molecule has 212 valence electrons. The molecule has 2 aromatic heterocycles. The van der Waals surface area contributed by atoms with Crippen LogP contribution in [0.2, 0.25) is 0 Å². The minimum Gasteiger partial charge on any atom is -0.497 e. The third-order valence-corrected chi connectivity index (χ3v) is 7.38. The van der Waals surface area contributed by atoms with E-state index in [1.807, 2.05) is 12.1 Å². The zero-order valence-electron chi connectivity index (χ0n) is 23.4. The average Bonchev–Trinajstić information content (AvgIpc) is 3.02. The number of allylic oxidation sites excluding steroid dienone is 2. The molecule has 0 saturated carbocycles. The Kier molecular flexibility index (Phi) is 8.43. The number of Topliss-reactive ketones (excluding diaryl/α,β-unsaturated/α-hetero) is 2. The van der Waals surface area contributed by atoms with Crippen LogP contribution in [0.25, 0.3) is 12.2 Å². The summed E-state index contributed by atoms with van der Waals surface area (Å²) in [6.07, 6.45) is 9.34. The van der Waals surface area contributed by atoms with Gasteiger partial charge in [-0.3, -0.25) is 19.2 Å². The van der Waals surface area contributed by atoms with E-state index in [0.717, 1.165) is 35.5 Å². The zero-order chi connectivity index (χ0) is 29.6. The molecule has 2 aromatic carbocycles. The van der Waals surface area contributed by atoms with Crippen LogP contribution in [0.1, 0.15) is 55.8 Å².